The number of carbonyl (C=O) groups excluding carboxylic acids is 2. The lowest BCUT2D eigenvalue weighted by Crippen LogP contribution is -2.52. The van der Waals surface area contributed by atoms with Gasteiger partial charge in [0.15, 0.2) is 5.54 Å². The van der Waals surface area contributed by atoms with Gasteiger partial charge < -0.3 is 19.6 Å². The minimum absolute atomic E-state index is 0.320. The number of alkyl carbamates (subject to hydrolysis) is 1. The van der Waals surface area contributed by atoms with E-state index in [-0.39, 0.29) is 0 Å². The van der Waals surface area contributed by atoms with Gasteiger partial charge in [0.2, 0.25) is 6.54 Å². The standard InChI is InChI=1S/C14H22N2O4/c1-13(2,3)20-12(18)16-14(4,11(17)19-6)9-7-8-10-15-5/h7,9H,8,10H2,1-4,6H3,(H,16,18)/b9-7-/t14-/m0/s1. The van der Waals surface area contributed by atoms with Crippen molar-refractivity contribution < 1.29 is 19.1 Å². The van der Waals surface area contributed by atoms with Crippen LogP contribution in [0.15, 0.2) is 12.2 Å². The Morgan fingerprint density at radius 3 is 2.35 bits per heavy atom. The van der Waals surface area contributed by atoms with Crippen LogP contribution < -0.4 is 5.32 Å². The molecule has 0 aliphatic heterocycles. The maximum absolute atomic E-state index is 11.8. The highest BCUT2D eigenvalue weighted by Crippen LogP contribution is 2.13. The smallest absolute Gasteiger partial charge is 0.408 e. The fourth-order valence-electron chi connectivity index (χ4n) is 1.35. The van der Waals surface area contributed by atoms with Gasteiger partial charge in [-0.2, -0.15) is 0 Å². The molecule has 0 fully saturated rings. The number of amides is 1. The number of hydrogen-bond donors (Lipinski definition) is 1. The third kappa shape index (κ3) is 6.78. The number of ether oxygens (including phenoxy) is 2. The van der Waals surface area contributed by atoms with Gasteiger partial charge in [0.25, 0.3) is 0 Å². The van der Waals surface area contributed by atoms with Gasteiger partial charge in [-0.25, -0.2) is 16.2 Å². The minimum Gasteiger partial charge on any atom is -0.467 e. The summed E-state index contributed by atoms with van der Waals surface area (Å²) in [6.07, 6.45) is 2.95. The number of carbonyl (C=O) groups is 2. The first-order chi connectivity index (χ1) is 9.14. The maximum atomic E-state index is 11.8. The topological polar surface area (TPSA) is 69.0 Å². The van der Waals surface area contributed by atoms with Gasteiger partial charge in [-0.05, 0) is 27.7 Å². The summed E-state index contributed by atoms with van der Waals surface area (Å²) >= 11 is 0. The van der Waals surface area contributed by atoms with Crippen molar-refractivity contribution in [3.05, 3.63) is 23.6 Å². The fourth-order valence-corrected chi connectivity index (χ4v) is 1.35. The van der Waals surface area contributed by atoms with Crippen LogP contribution in [0.1, 0.15) is 34.1 Å². The Morgan fingerprint density at radius 2 is 1.90 bits per heavy atom. The molecule has 0 aromatic rings. The molecular weight excluding hydrogens is 260 g/mol. The molecule has 1 atom stereocenters. The van der Waals surface area contributed by atoms with Crippen LogP contribution in [0.4, 0.5) is 4.79 Å². The summed E-state index contributed by atoms with van der Waals surface area (Å²) in [5.41, 5.74) is -1.98. The number of hydrogen-bond acceptors (Lipinski definition) is 4. The van der Waals surface area contributed by atoms with Crippen LogP contribution in [0.25, 0.3) is 4.85 Å². The molecule has 1 amide bonds. The summed E-state index contributed by atoms with van der Waals surface area (Å²) in [5, 5.41) is 2.48. The predicted molar refractivity (Wildman–Crippen MR) is 75.0 cm³/mol. The molecule has 0 aromatic heterocycles. The van der Waals surface area contributed by atoms with Crippen molar-refractivity contribution in [2.24, 2.45) is 0 Å². The van der Waals surface area contributed by atoms with Crippen LogP contribution in [-0.2, 0) is 14.3 Å². The highest BCUT2D eigenvalue weighted by atomic mass is 16.6. The second-order valence-electron chi connectivity index (χ2n) is 5.39. The van der Waals surface area contributed by atoms with Crippen LogP contribution in [-0.4, -0.2) is 36.9 Å². The number of nitrogens with zero attached hydrogens (tertiary/aromatic N) is 1. The van der Waals surface area contributed by atoms with E-state index in [1.165, 1.54) is 20.1 Å². The molecule has 0 spiro atoms. The molecule has 20 heavy (non-hydrogen) atoms. The summed E-state index contributed by atoms with van der Waals surface area (Å²) in [6.45, 7) is 13.7. The van der Waals surface area contributed by atoms with E-state index in [9.17, 15) is 9.59 Å². The number of methoxy groups -OCH3 is 1. The van der Waals surface area contributed by atoms with E-state index in [0.29, 0.717) is 13.0 Å². The van der Waals surface area contributed by atoms with E-state index in [1.54, 1.807) is 26.8 Å². The normalized spacial score (nSPS) is 14.2. The first kappa shape index (κ1) is 18.0. The highest BCUT2D eigenvalue weighted by molar-refractivity contribution is 5.87. The zero-order valence-corrected chi connectivity index (χ0v) is 12.6. The van der Waals surface area contributed by atoms with Crippen LogP contribution in [0.2, 0.25) is 0 Å². The first-order valence-corrected chi connectivity index (χ1v) is 6.25. The number of esters is 1. The SMILES string of the molecule is [C-]#[N+]CC/C=C\[C@](C)(NC(=O)OC(C)(C)C)C(=O)OC. The van der Waals surface area contributed by atoms with E-state index in [0.717, 1.165) is 0 Å². The molecule has 0 heterocycles. The Labute approximate surface area is 119 Å². The van der Waals surface area contributed by atoms with Gasteiger partial charge in [0.05, 0.1) is 7.11 Å². The van der Waals surface area contributed by atoms with E-state index in [1.807, 2.05) is 0 Å². The van der Waals surface area contributed by atoms with E-state index >= 15 is 0 Å². The van der Waals surface area contributed by atoms with Crippen molar-refractivity contribution in [3.63, 3.8) is 0 Å². The van der Waals surface area contributed by atoms with Crippen molar-refractivity contribution in [1.29, 1.82) is 0 Å². The summed E-state index contributed by atoms with van der Waals surface area (Å²) in [4.78, 5) is 26.8. The Hall–Kier alpha value is -2.03. The monoisotopic (exact) mass is 282 g/mol. The van der Waals surface area contributed by atoms with Gasteiger partial charge in [-0.15, -0.1) is 0 Å². The molecule has 0 unspecified atom stereocenters. The number of rotatable bonds is 5. The summed E-state index contributed by atoms with van der Waals surface area (Å²) in [6, 6.07) is 0. The number of nitrogens with one attached hydrogen (secondary N) is 1. The van der Waals surface area contributed by atoms with E-state index in [4.69, 9.17) is 11.3 Å². The molecule has 0 radical (unpaired) electrons. The lowest BCUT2D eigenvalue weighted by Gasteiger charge is -2.27. The molecule has 112 valence electrons. The molecular formula is C14H22N2O4. The zero-order valence-electron chi connectivity index (χ0n) is 12.6. The lowest BCUT2D eigenvalue weighted by molar-refractivity contribution is -0.145. The Morgan fingerprint density at radius 1 is 1.30 bits per heavy atom. The molecule has 0 bridgehead atoms. The zero-order chi connectivity index (χ0) is 15.8. The second-order valence-corrected chi connectivity index (χ2v) is 5.39. The van der Waals surface area contributed by atoms with Gasteiger partial charge in [-0.1, -0.05) is 12.2 Å². The largest absolute Gasteiger partial charge is 0.467 e. The van der Waals surface area contributed by atoms with Crippen LogP contribution in [0.5, 0.6) is 0 Å². The predicted octanol–water partition coefficient (Wildman–Crippen LogP) is 2.31. The second kappa shape index (κ2) is 7.53. The van der Waals surface area contributed by atoms with Gasteiger partial charge in [-0.3, -0.25) is 0 Å². The van der Waals surface area contributed by atoms with Crippen molar-refractivity contribution in [2.75, 3.05) is 13.7 Å². The Kier molecular flexibility index (Phi) is 6.77. The van der Waals surface area contributed by atoms with Gasteiger partial charge in [0, 0.05) is 6.42 Å². The quantitative estimate of drug-likeness (QED) is 0.363. The molecule has 6 nitrogen and oxygen atoms in total. The summed E-state index contributed by atoms with van der Waals surface area (Å²) in [7, 11) is 1.24. The fraction of sp³-hybridized carbons (Fsp3) is 0.643. The van der Waals surface area contributed by atoms with Crippen LogP contribution in [0.3, 0.4) is 0 Å². The van der Waals surface area contributed by atoms with Gasteiger partial charge >= 0.3 is 12.1 Å². The third-order valence-corrected chi connectivity index (χ3v) is 2.23. The van der Waals surface area contributed by atoms with Crippen molar-refractivity contribution in [1.82, 2.24) is 5.32 Å². The van der Waals surface area contributed by atoms with Crippen LogP contribution >= 0.6 is 0 Å². The third-order valence-electron chi connectivity index (χ3n) is 2.23. The average Bonchev–Trinajstić information content (AvgIpc) is 2.31. The molecule has 0 aromatic carbocycles. The van der Waals surface area contributed by atoms with Crippen molar-refractivity contribution in [2.45, 2.75) is 45.3 Å². The maximum Gasteiger partial charge on any atom is 0.408 e. The summed E-state index contributed by atoms with van der Waals surface area (Å²) < 4.78 is 9.80. The van der Waals surface area contributed by atoms with E-state index in [2.05, 4.69) is 14.9 Å². The van der Waals surface area contributed by atoms with Crippen LogP contribution in [0, 0.1) is 6.57 Å². The Balaban J connectivity index is 4.88. The average molecular weight is 282 g/mol. The van der Waals surface area contributed by atoms with Crippen molar-refractivity contribution >= 4 is 12.1 Å². The van der Waals surface area contributed by atoms with E-state index < -0.39 is 23.2 Å². The molecule has 6 heteroatoms. The van der Waals surface area contributed by atoms with Crippen molar-refractivity contribution in [3.8, 4) is 0 Å². The molecule has 0 saturated heterocycles. The summed E-state index contributed by atoms with van der Waals surface area (Å²) in [5.74, 6) is -0.609. The minimum atomic E-state index is -1.32. The highest BCUT2D eigenvalue weighted by Gasteiger charge is 2.35. The molecule has 0 aliphatic carbocycles. The molecule has 1 N–H and O–H groups in total. The molecule has 0 rings (SSSR count). The first-order valence-electron chi connectivity index (χ1n) is 6.25. The Bertz CT molecular complexity index is 418. The molecule has 0 aliphatic rings. The molecule has 0 saturated carbocycles. The van der Waals surface area contributed by atoms with Gasteiger partial charge in [0.1, 0.15) is 5.60 Å². The lowest BCUT2D eigenvalue weighted by atomic mass is 10.0.